The van der Waals surface area contributed by atoms with Crippen molar-refractivity contribution in [2.45, 2.75) is 6.61 Å². The molecule has 0 saturated carbocycles. The lowest BCUT2D eigenvalue weighted by Gasteiger charge is -2.12. The van der Waals surface area contributed by atoms with Crippen LogP contribution in [-0.2, 0) is 6.61 Å². The number of aromatic amines is 1. The van der Waals surface area contributed by atoms with Crippen molar-refractivity contribution in [2.24, 2.45) is 5.73 Å². The minimum absolute atomic E-state index is 0.0434. The number of H-pyrrole nitrogens is 1. The van der Waals surface area contributed by atoms with Crippen molar-refractivity contribution >= 4 is 29.1 Å². The van der Waals surface area contributed by atoms with Gasteiger partial charge in [-0.05, 0) is 24.3 Å². The SMILES string of the molecule is NC(=O)c1n[nH]nc1-c1ccccc1OCc1c(Cl)cccc1Cl. The van der Waals surface area contributed by atoms with Gasteiger partial charge in [0.15, 0.2) is 5.69 Å². The summed E-state index contributed by atoms with van der Waals surface area (Å²) in [4.78, 5) is 11.5. The predicted molar refractivity (Wildman–Crippen MR) is 91.1 cm³/mol. The molecule has 2 aromatic carbocycles. The minimum Gasteiger partial charge on any atom is -0.488 e. The molecule has 0 aliphatic heterocycles. The number of ether oxygens (including phenoxy) is 1. The van der Waals surface area contributed by atoms with Gasteiger partial charge in [0.05, 0.1) is 0 Å². The molecule has 0 aliphatic carbocycles. The van der Waals surface area contributed by atoms with E-state index in [0.29, 0.717) is 32.6 Å². The summed E-state index contributed by atoms with van der Waals surface area (Å²) in [7, 11) is 0. The van der Waals surface area contributed by atoms with Crippen LogP contribution in [0.2, 0.25) is 10.0 Å². The first-order valence-corrected chi connectivity index (χ1v) is 7.69. The zero-order valence-corrected chi connectivity index (χ0v) is 13.8. The van der Waals surface area contributed by atoms with Crippen LogP contribution >= 0.6 is 23.2 Å². The smallest absolute Gasteiger partial charge is 0.271 e. The van der Waals surface area contributed by atoms with Gasteiger partial charge in [-0.3, -0.25) is 4.79 Å². The lowest BCUT2D eigenvalue weighted by Crippen LogP contribution is -2.13. The van der Waals surface area contributed by atoms with Crippen LogP contribution in [0.15, 0.2) is 42.5 Å². The number of aromatic nitrogens is 3. The Morgan fingerprint density at radius 2 is 1.79 bits per heavy atom. The summed E-state index contributed by atoms with van der Waals surface area (Å²) < 4.78 is 5.84. The highest BCUT2D eigenvalue weighted by Crippen LogP contribution is 2.32. The molecule has 24 heavy (non-hydrogen) atoms. The molecule has 0 radical (unpaired) electrons. The normalized spacial score (nSPS) is 10.6. The van der Waals surface area contributed by atoms with Crippen molar-refractivity contribution in [3.8, 4) is 17.0 Å². The van der Waals surface area contributed by atoms with Gasteiger partial charge in [-0.1, -0.05) is 41.4 Å². The summed E-state index contributed by atoms with van der Waals surface area (Å²) in [5.74, 6) is -0.174. The number of nitrogens with zero attached hydrogens (tertiary/aromatic N) is 2. The fraction of sp³-hybridized carbons (Fsp3) is 0.0625. The Hall–Kier alpha value is -2.57. The second-order valence-electron chi connectivity index (χ2n) is 4.87. The number of para-hydroxylation sites is 1. The van der Waals surface area contributed by atoms with E-state index in [2.05, 4.69) is 15.4 Å². The second kappa shape index (κ2) is 6.90. The van der Waals surface area contributed by atoms with Crippen LogP contribution in [0, 0.1) is 0 Å². The van der Waals surface area contributed by atoms with Crippen LogP contribution in [0.4, 0.5) is 0 Å². The number of halogens is 2. The molecule has 0 saturated heterocycles. The molecular formula is C16H12Cl2N4O2. The van der Waals surface area contributed by atoms with Gasteiger partial charge in [0.25, 0.3) is 5.91 Å². The van der Waals surface area contributed by atoms with Gasteiger partial charge in [0, 0.05) is 21.2 Å². The molecule has 8 heteroatoms. The molecule has 0 fully saturated rings. The lowest BCUT2D eigenvalue weighted by molar-refractivity contribution is 0.0996. The van der Waals surface area contributed by atoms with Crippen LogP contribution < -0.4 is 10.5 Å². The standard InChI is InChI=1S/C16H12Cl2N4O2/c17-11-5-3-6-12(18)10(11)8-24-13-7-2-1-4-9(13)14-15(16(19)23)21-22-20-14/h1-7H,8H2,(H2,19,23)(H,20,21,22). The van der Waals surface area contributed by atoms with E-state index in [4.69, 9.17) is 33.7 Å². The van der Waals surface area contributed by atoms with Crippen molar-refractivity contribution in [3.63, 3.8) is 0 Å². The molecule has 3 aromatic rings. The number of benzene rings is 2. The summed E-state index contributed by atoms with van der Waals surface area (Å²) in [6.07, 6.45) is 0. The van der Waals surface area contributed by atoms with E-state index in [1.54, 1.807) is 42.5 Å². The van der Waals surface area contributed by atoms with Crippen LogP contribution in [0.3, 0.4) is 0 Å². The number of primary amides is 1. The van der Waals surface area contributed by atoms with Crippen molar-refractivity contribution in [1.29, 1.82) is 0 Å². The number of nitrogens with two attached hydrogens (primary N) is 1. The average Bonchev–Trinajstić information content (AvgIpc) is 3.04. The lowest BCUT2D eigenvalue weighted by atomic mass is 10.1. The van der Waals surface area contributed by atoms with E-state index in [1.807, 2.05) is 0 Å². The summed E-state index contributed by atoms with van der Waals surface area (Å²) in [6, 6.07) is 12.3. The van der Waals surface area contributed by atoms with Crippen LogP contribution in [-0.4, -0.2) is 21.3 Å². The maximum Gasteiger partial charge on any atom is 0.271 e. The highest BCUT2D eigenvalue weighted by Gasteiger charge is 2.18. The van der Waals surface area contributed by atoms with Crippen molar-refractivity contribution < 1.29 is 9.53 Å². The van der Waals surface area contributed by atoms with Gasteiger partial charge in [-0.25, -0.2) is 0 Å². The van der Waals surface area contributed by atoms with Gasteiger partial charge in [-0.15, -0.1) is 0 Å². The molecule has 3 N–H and O–H groups in total. The Bertz CT molecular complexity index is 875. The highest BCUT2D eigenvalue weighted by atomic mass is 35.5. The maximum atomic E-state index is 11.5. The Balaban J connectivity index is 1.93. The van der Waals surface area contributed by atoms with E-state index in [-0.39, 0.29) is 12.3 Å². The van der Waals surface area contributed by atoms with Gasteiger partial charge in [0.1, 0.15) is 18.1 Å². The topological polar surface area (TPSA) is 93.9 Å². The zero-order valence-electron chi connectivity index (χ0n) is 12.3. The molecular weight excluding hydrogens is 351 g/mol. The molecule has 6 nitrogen and oxygen atoms in total. The summed E-state index contributed by atoms with van der Waals surface area (Å²) >= 11 is 12.3. The fourth-order valence-corrected chi connectivity index (χ4v) is 2.71. The first kappa shape index (κ1) is 16.3. The molecule has 0 spiro atoms. The summed E-state index contributed by atoms with van der Waals surface area (Å²) in [6.45, 7) is 0.166. The van der Waals surface area contributed by atoms with Gasteiger partial charge in [0.2, 0.25) is 0 Å². The first-order chi connectivity index (χ1) is 11.6. The molecule has 1 heterocycles. The van der Waals surface area contributed by atoms with E-state index in [1.165, 1.54) is 0 Å². The minimum atomic E-state index is -0.678. The molecule has 3 rings (SSSR count). The number of rotatable bonds is 5. The third-order valence-corrected chi connectivity index (χ3v) is 4.07. The Morgan fingerprint density at radius 1 is 1.08 bits per heavy atom. The number of carbonyl (C=O) groups is 1. The Morgan fingerprint density at radius 3 is 2.50 bits per heavy atom. The van der Waals surface area contributed by atoms with Gasteiger partial charge < -0.3 is 10.5 Å². The first-order valence-electron chi connectivity index (χ1n) is 6.93. The largest absolute Gasteiger partial charge is 0.488 e. The van der Waals surface area contributed by atoms with Crippen LogP contribution in [0.25, 0.3) is 11.3 Å². The van der Waals surface area contributed by atoms with Crippen LogP contribution in [0.5, 0.6) is 5.75 Å². The number of carbonyl (C=O) groups excluding carboxylic acids is 1. The molecule has 0 unspecified atom stereocenters. The molecule has 0 atom stereocenters. The molecule has 1 amide bonds. The Labute approximate surface area is 147 Å². The molecule has 0 aliphatic rings. The predicted octanol–water partition coefficient (Wildman–Crippen LogP) is 3.46. The van der Waals surface area contributed by atoms with E-state index < -0.39 is 5.91 Å². The molecule has 0 bridgehead atoms. The number of hydrogen-bond donors (Lipinski definition) is 2. The second-order valence-corrected chi connectivity index (χ2v) is 5.68. The van der Waals surface area contributed by atoms with E-state index in [0.717, 1.165) is 0 Å². The Kier molecular flexibility index (Phi) is 4.69. The summed E-state index contributed by atoms with van der Waals surface area (Å²) in [5.41, 5.74) is 6.94. The summed E-state index contributed by atoms with van der Waals surface area (Å²) in [5, 5.41) is 11.2. The third-order valence-electron chi connectivity index (χ3n) is 3.36. The van der Waals surface area contributed by atoms with Crippen molar-refractivity contribution in [3.05, 3.63) is 63.8 Å². The van der Waals surface area contributed by atoms with E-state index >= 15 is 0 Å². The number of nitrogens with one attached hydrogen (secondary N) is 1. The zero-order chi connectivity index (χ0) is 17.1. The maximum absolute atomic E-state index is 11.5. The van der Waals surface area contributed by atoms with Crippen molar-refractivity contribution in [2.75, 3.05) is 0 Å². The molecule has 122 valence electrons. The quantitative estimate of drug-likeness (QED) is 0.726. The monoisotopic (exact) mass is 362 g/mol. The van der Waals surface area contributed by atoms with Crippen molar-refractivity contribution in [1.82, 2.24) is 15.4 Å². The third kappa shape index (κ3) is 3.20. The molecule has 1 aromatic heterocycles. The van der Waals surface area contributed by atoms with E-state index in [9.17, 15) is 4.79 Å². The highest BCUT2D eigenvalue weighted by molar-refractivity contribution is 6.35. The van der Waals surface area contributed by atoms with Crippen LogP contribution in [0.1, 0.15) is 16.1 Å². The number of hydrogen-bond acceptors (Lipinski definition) is 4. The average molecular weight is 363 g/mol. The van der Waals surface area contributed by atoms with Gasteiger partial charge >= 0.3 is 0 Å². The fourth-order valence-electron chi connectivity index (χ4n) is 2.20. The van der Waals surface area contributed by atoms with Gasteiger partial charge in [-0.2, -0.15) is 15.4 Å². The number of amides is 1.